The summed E-state index contributed by atoms with van der Waals surface area (Å²) in [5, 5.41) is 3.52. The Kier molecular flexibility index (Phi) is 7.86. The van der Waals surface area contributed by atoms with Crippen molar-refractivity contribution in [3.8, 4) is 0 Å². The van der Waals surface area contributed by atoms with Crippen LogP contribution in [0, 0.1) is 6.92 Å². The van der Waals surface area contributed by atoms with Crippen LogP contribution in [-0.2, 0) is 22.6 Å². The Labute approximate surface area is 166 Å². The maximum absolute atomic E-state index is 13.0. The molecule has 0 saturated heterocycles. The number of benzene rings is 2. The van der Waals surface area contributed by atoms with E-state index >= 15 is 0 Å². The second-order valence-electron chi connectivity index (χ2n) is 6.72. The van der Waals surface area contributed by atoms with Crippen LogP contribution < -0.4 is 5.32 Å². The van der Waals surface area contributed by atoms with Gasteiger partial charge < -0.3 is 10.2 Å². The van der Waals surface area contributed by atoms with Crippen LogP contribution in [0.1, 0.15) is 37.0 Å². The summed E-state index contributed by atoms with van der Waals surface area (Å²) >= 11 is 5.93. The van der Waals surface area contributed by atoms with Crippen LogP contribution in [0.5, 0.6) is 0 Å². The molecule has 1 unspecified atom stereocenters. The maximum Gasteiger partial charge on any atom is 0.242 e. The van der Waals surface area contributed by atoms with Gasteiger partial charge in [-0.1, -0.05) is 54.9 Å². The molecule has 2 aromatic carbocycles. The average Bonchev–Trinajstić information content (AvgIpc) is 2.66. The molecule has 0 aliphatic rings. The van der Waals surface area contributed by atoms with E-state index in [4.69, 9.17) is 11.6 Å². The van der Waals surface area contributed by atoms with Crippen LogP contribution in [0.25, 0.3) is 0 Å². The van der Waals surface area contributed by atoms with Crippen LogP contribution in [0.15, 0.2) is 48.5 Å². The van der Waals surface area contributed by atoms with E-state index in [9.17, 15) is 9.59 Å². The summed E-state index contributed by atoms with van der Waals surface area (Å²) in [6, 6.07) is 14.6. The molecular weight excluding hydrogens is 360 g/mol. The zero-order valence-corrected chi connectivity index (χ0v) is 16.9. The summed E-state index contributed by atoms with van der Waals surface area (Å²) in [4.78, 5) is 27.2. The third-order valence-corrected chi connectivity index (χ3v) is 4.84. The van der Waals surface area contributed by atoms with E-state index in [1.54, 1.807) is 24.0 Å². The molecule has 0 aliphatic carbocycles. The van der Waals surface area contributed by atoms with Crippen molar-refractivity contribution in [1.29, 1.82) is 0 Å². The molecule has 2 aromatic rings. The van der Waals surface area contributed by atoms with Gasteiger partial charge in [0.15, 0.2) is 0 Å². The Hall–Kier alpha value is -2.33. The van der Waals surface area contributed by atoms with Gasteiger partial charge in [0.1, 0.15) is 6.04 Å². The molecule has 1 atom stereocenters. The predicted octanol–water partition coefficient (Wildman–Crippen LogP) is 4.13. The van der Waals surface area contributed by atoms with Crippen LogP contribution in [0.3, 0.4) is 0 Å². The minimum absolute atomic E-state index is 0.0836. The highest BCUT2D eigenvalue weighted by Gasteiger charge is 2.26. The van der Waals surface area contributed by atoms with Crippen molar-refractivity contribution in [2.75, 3.05) is 6.54 Å². The minimum atomic E-state index is -0.545. The summed E-state index contributed by atoms with van der Waals surface area (Å²) in [7, 11) is 0. The number of nitrogens with zero attached hydrogens (tertiary/aromatic N) is 1. The molecule has 0 aromatic heterocycles. The standard InChI is InChI=1S/C22H27ClN2O2/c1-4-13-24-22(27)17(3)25(15-19-8-6-5-7-16(19)2)21(26)14-18-9-11-20(23)12-10-18/h5-12,17H,4,13-15H2,1-3H3,(H,24,27). The zero-order valence-electron chi connectivity index (χ0n) is 16.2. The molecule has 2 amide bonds. The summed E-state index contributed by atoms with van der Waals surface area (Å²) in [5.41, 5.74) is 3.01. The molecule has 1 N–H and O–H groups in total. The topological polar surface area (TPSA) is 49.4 Å². The van der Waals surface area contributed by atoms with Crippen molar-refractivity contribution in [1.82, 2.24) is 10.2 Å². The maximum atomic E-state index is 13.0. The fraction of sp³-hybridized carbons (Fsp3) is 0.364. The van der Waals surface area contributed by atoms with E-state index in [1.807, 2.05) is 50.2 Å². The van der Waals surface area contributed by atoms with Crippen LogP contribution in [0.4, 0.5) is 0 Å². The van der Waals surface area contributed by atoms with Gasteiger partial charge in [-0.3, -0.25) is 9.59 Å². The summed E-state index contributed by atoms with van der Waals surface area (Å²) in [5.74, 6) is -0.213. The monoisotopic (exact) mass is 386 g/mol. The van der Waals surface area contributed by atoms with Crippen LogP contribution >= 0.6 is 11.6 Å². The van der Waals surface area contributed by atoms with Crippen molar-refractivity contribution < 1.29 is 9.59 Å². The summed E-state index contributed by atoms with van der Waals surface area (Å²) in [6.45, 7) is 6.80. The summed E-state index contributed by atoms with van der Waals surface area (Å²) < 4.78 is 0. The zero-order chi connectivity index (χ0) is 19.8. The van der Waals surface area contributed by atoms with Gasteiger partial charge in [-0.15, -0.1) is 0 Å². The fourth-order valence-electron chi connectivity index (χ4n) is 2.83. The fourth-order valence-corrected chi connectivity index (χ4v) is 2.95. The van der Waals surface area contributed by atoms with E-state index < -0.39 is 6.04 Å². The molecule has 4 nitrogen and oxygen atoms in total. The first-order chi connectivity index (χ1) is 12.9. The molecule has 0 saturated carbocycles. The van der Waals surface area contributed by atoms with E-state index in [1.165, 1.54) is 0 Å². The van der Waals surface area contributed by atoms with Crippen molar-refractivity contribution in [3.05, 3.63) is 70.2 Å². The number of nitrogens with one attached hydrogen (secondary N) is 1. The number of aryl methyl sites for hydroxylation is 1. The number of hydrogen-bond acceptors (Lipinski definition) is 2. The first-order valence-corrected chi connectivity index (χ1v) is 9.66. The quantitative estimate of drug-likeness (QED) is 0.741. The van der Waals surface area contributed by atoms with Gasteiger partial charge in [0.05, 0.1) is 6.42 Å². The lowest BCUT2D eigenvalue weighted by molar-refractivity contribution is -0.140. The first-order valence-electron chi connectivity index (χ1n) is 9.28. The normalized spacial score (nSPS) is 11.7. The Bertz CT molecular complexity index is 774. The predicted molar refractivity (Wildman–Crippen MR) is 110 cm³/mol. The average molecular weight is 387 g/mol. The highest BCUT2D eigenvalue weighted by molar-refractivity contribution is 6.30. The van der Waals surface area contributed by atoms with Crippen molar-refractivity contribution >= 4 is 23.4 Å². The molecule has 0 aliphatic heterocycles. The van der Waals surface area contributed by atoms with Gasteiger partial charge in [-0.05, 0) is 49.1 Å². The summed E-state index contributed by atoms with van der Waals surface area (Å²) in [6.07, 6.45) is 1.09. The lowest BCUT2D eigenvalue weighted by Gasteiger charge is -2.29. The molecule has 0 spiro atoms. The molecule has 0 bridgehead atoms. The van der Waals surface area contributed by atoms with Gasteiger partial charge in [-0.25, -0.2) is 0 Å². The van der Waals surface area contributed by atoms with E-state index in [0.717, 1.165) is 23.1 Å². The van der Waals surface area contributed by atoms with Gasteiger partial charge in [0.25, 0.3) is 0 Å². The molecule has 27 heavy (non-hydrogen) atoms. The van der Waals surface area contributed by atoms with Crippen molar-refractivity contribution in [2.24, 2.45) is 0 Å². The van der Waals surface area contributed by atoms with Crippen molar-refractivity contribution in [2.45, 2.75) is 46.2 Å². The highest BCUT2D eigenvalue weighted by atomic mass is 35.5. The molecular formula is C22H27ClN2O2. The molecule has 2 rings (SSSR count). The Morgan fingerprint density at radius 1 is 1.11 bits per heavy atom. The van der Waals surface area contributed by atoms with Gasteiger partial charge in [0.2, 0.25) is 11.8 Å². The van der Waals surface area contributed by atoms with E-state index in [0.29, 0.717) is 18.1 Å². The second kappa shape index (κ2) is 10.1. The smallest absolute Gasteiger partial charge is 0.242 e. The number of amides is 2. The molecule has 144 valence electrons. The molecule has 0 radical (unpaired) electrons. The number of halogens is 1. The Morgan fingerprint density at radius 2 is 1.78 bits per heavy atom. The Balaban J connectivity index is 2.21. The van der Waals surface area contributed by atoms with E-state index in [-0.39, 0.29) is 18.2 Å². The van der Waals surface area contributed by atoms with Crippen LogP contribution in [-0.4, -0.2) is 29.3 Å². The minimum Gasteiger partial charge on any atom is -0.354 e. The number of hydrogen-bond donors (Lipinski definition) is 1. The van der Waals surface area contributed by atoms with Gasteiger partial charge in [0, 0.05) is 18.1 Å². The van der Waals surface area contributed by atoms with Gasteiger partial charge in [-0.2, -0.15) is 0 Å². The molecule has 0 fully saturated rings. The van der Waals surface area contributed by atoms with Gasteiger partial charge >= 0.3 is 0 Å². The number of rotatable bonds is 8. The first kappa shape index (κ1) is 21.0. The van der Waals surface area contributed by atoms with E-state index in [2.05, 4.69) is 5.32 Å². The van der Waals surface area contributed by atoms with Crippen molar-refractivity contribution in [3.63, 3.8) is 0 Å². The molecule has 0 heterocycles. The number of carbonyl (C=O) groups is 2. The number of carbonyl (C=O) groups excluding carboxylic acids is 2. The SMILES string of the molecule is CCCNC(=O)C(C)N(Cc1ccccc1C)C(=O)Cc1ccc(Cl)cc1. The molecule has 5 heteroatoms. The van der Waals surface area contributed by atoms with Crippen LogP contribution in [0.2, 0.25) is 5.02 Å². The Morgan fingerprint density at radius 3 is 2.41 bits per heavy atom. The lowest BCUT2D eigenvalue weighted by Crippen LogP contribution is -2.48. The third kappa shape index (κ3) is 6.10. The highest BCUT2D eigenvalue weighted by Crippen LogP contribution is 2.16. The second-order valence-corrected chi connectivity index (χ2v) is 7.15. The third-order valence-electron chi connectivity index (χ3n) is 4.59. The largest absolute Gasteiger partial charge is 0.354 e. The lowest BCUT2D eigenvalue weighted by atomic mass is 10.1.